The van der Waals surface area contributed by atoms with Crippen LogP contribution in [0.25, 0.3) is 0 Å². The molecule has 0 aliphatic carbocycles. The molecule has 0 aromatic carbocycles. The van der Waals surface area contributed by atoms with Crippen molar-refractivity contribution in [2.45, 2.75) is 83.6 Å². The molecule has 114 valence electrons. The van der Waals surface area contributed by atoms with Crippen LogP contribution in [-0.4, -0.2) is 32.7 Å². The minimum atomic E-state index is -0.676. The molecule has 20 heavy (non-hydrogen) atoms. The number of hydrogen-bond acceptors (Lipinski definition) is 3. The summed E-state index contributed by atoms with van der Waals surface area (Å²) in [5.74, 6) is 0. The third-order valence-electron chi connectivity index (χ3n) is 4.29. The Balaban J connectivity index is 2.06. The van der Waals surface area contributed by atoms with Crippen LogP contribution in [0.15, 0.2) is 12.3 Å². The Kier molecular flexibility index (Phi) is 4.86. The van der Waals surface area contributed by atoms with Crippen LogP contribution in [0.5, 0.6) is 0 Å². The van der Waals surface area contributed by atoms with Gasteiger partial charge in [0, 0.05) is 25.5 Å². The highest BCUT2D eigenvalue weighted by molar-refractivity contribution is 5.06. The molecule has 1 fully saturated rings. The van der Waals surface area contributed by atoms with Crippen LogP contribution in [0.2, 0.25) is 0 Å². The predicted octanol–water partition coefficient (Wildman–Crippen LogP) is 3.11. The van der Waals surface area contributed by atoms with Crippen molar-refractivity contribution in [1.29, 1.82) is 0 Å². The van der Waals surface area contributed by atoms with Gasteiger partial charge in [-0.1, -0.05) is 13.8 Å². The summed E-state index contributed by atoms with van der Waals surface area (Å²) >= 11 is 0. The van der Waals surface area contributed by atoms with Gasteiger partial charge in [-0.15, -0.1) is 0 Å². The van der Waals surface area contributed by atoms with Crippen molar-refractivity contribution in [2.75, 3.05) is 0 Å². The van der Waals surface area contributed by atoms with Crippen molar-refractivity contribution in [3.05, 3.63) is 18.0 Å². The second kappa shape index (κ2) is 6.27. The molecule has 0 bridgehead atoms. The maximum absolute atomic E-state index is 10.8. The number of nitrogens with zero attached hydrogens (tertiary/aromatic N) is 2. The normalized spacial score (nSPS) is 30.9. The van der Waals surface area contributed by atoms with Crippen LogP contribution >= 0.6 is 0 Å². The second-order valence-corrected chi connectivity index (χ2v) is 6.32. The van der Waals surface area contributed by atoms with Gasteiger partial charge in [-0.2, -0.15) is 5.10 Å². The van der Waals surface area contributed by atoms with Gasteiger partial charge in [-0.25, -0.2) is 0 Å². The van der Waals surface area contributed by atoms with Gasteiger partial charge in [0.2, 0.25) is 0 Å². The van der Waals surface area contributed by atoms with Gasteiger partial charge in [0.05, 0.1) is 29.5 Å². The summed E-state index contributed by atoms with van der Waals surface area (Å²) in [5, 5.41) is 15.5. The van der Waals surface area contributed by atoms with Crippen LogP contribution in [0.4, 0.5) is 0 Å². The van der Waals surface area contributed by atoms with Gasteiger partial charge in [-0.05, 0) is 32.8 Å². The number of aliphatic hydroxyl groups is 1. The van der Waals surface area contributed by atoms with Crippen LogP contribution in [-0.2, 0) is 11.2 Å². The van der Waals surface area contributed by atoms with Crippen LogP contribution < -0.4 is 0 Å². The minimum absolute atomic E-state index is 0.116. The number of hydrogen-bond donors (Lipinski definition) is 1. The maximum Gasteiger partial charge on any atom is 0.0752 e. The second-order valence-electron chi connectivity index (χ2n) is 6.32. The topological polar surface area (TPSA) is 47.3 Å². The van der Waals surface area contributed by atoms with E-state index in [1.807, 2.05) is 30.8 Å². The molecule has 1 aromatic heterocycles. The number of aromatic nitrogens is 2. The van der Waals surface area contributed by atoms with Crippen molar-refractivity contribution in [3.8, 4) is 0 Å². The molecule has 2 heterocycles. The Morgan fingerprint density at radius 2 is 1.95 bits per heavy atom. The lowest BCUT2D eigenvalue weighted by Gasteiger charge is -2.38. The Morgan fingerprint density at radius 3 is 2.50 bits per heavy atom. The zero-order valence-electron chi connectivity index (χ0n) is 13.2. The van der Waals surface area contributed by atoms with E-state index in [9.17, 15) is 5.11 Å². The standard InChI is InChI=1S/C16H28N2O2/c1-5-15(6-2)18-8-7-14(17-18)11-16(19)9-12(3)20-13(4)10-16/h7-8,12-13,15,19H,5-6,9-11H2,1-4H3. The van der Waals surface area contributed by atoms with Gasteiger partial charge in [0.1, 0.15) is 0 Å². The highest BCUT2D eigenvalue weighted by atomic mass is 16.5. The van der Waals surface area contributed by atoms with E-state index < -0.39 is 5.60 Å². The Labute approximate surface area is 122 Å². The summed E-state index contributed by atoms with van der Waals surface area (Å²) in [6.07, 6.45) is 6.45. The summed E-state index contributed by atoms with van der Waals surface area (Å²) < 4.78 is 7.76. The van der Waals surface area contributed by atoms with Crippen LogP contribution in [0.1, 0.15) is 65.1 Å². The molecule has 0 saturated carbocycles. The number of ether oxygens (including phenoxy) is 1. The van der Waals surface area contributed by atoms with E-state index in [1.54, 1.807) is 0 Å². The van der Waals surface area contributed by atoms with Gasteiger partial charge in [0.25, 0.3) is 0 Å². The summed E-state index contributed by atoms with van der Waals surface area (Å²) in [6, 6.07) is 2.51. The van der Waals surface area contributed by atoms with Crippen LogP contribution in [0.3, 0.4) is 0 Å². The van der Waals surface area contributed by atoms with Gasteiger partial charge >= 0.3 is 0 Å². The largest absolute Gasteiger partial charge is 0.389 e. The third-order valence-corrected chi connectivity index (χ3v) is 4.29. The van der Waals surface area contributed by atoms with Crippen molar-refractivity contribution in [3.63, 3.8) is 0 Å². The summed E-state index contributed by atoms with van der Waals surface area (Å²) in [5.41, 5.74) is 0.310. The van der Waals surface area contributed by atoms with E-state index in [2.05, 4.69) is 18.9 Å². The molecule has 1 aliphatic rings. The summed E-state index contributed by atoms with van der Waals surface area (Å²) in [6.45, 7) is 8.43. The van der Waals surface area contributed by atoms with E-state index in [1.165, 1.54) is 0 Å². The molecule has 1 N–H and O–H groups in total. The summed E-state index contributed by atoms with van der Waals surface area (Å²) in [7, 11) is 0. The minimum Gasteiger partial charge on any atom is -0.389 e. The molecular formula is C16H28N2O2. The van der Waals surface area contributed by atoms with Crippen molar-refractivity contribution in [1.82, 2.24) is 9.78 Å². The molecule has 1 saturated heterocycles. The van der Waals surface area contributed by atoms with Crippen LogP contribution in [0, 0.1) is 0 Å². The summed E-state index contributed by atoms with van der Waals surface area (Å²) in [4.78, 5) is 0. The Bertz CT molecular complexity index is 416. The Morgan fingerprint density at radius 1 is 1.35 bits per heavy atom. The molecule has 0 radical (unpaired) electrons. The van der Waals surface area contributed by atoms with Gasteiger partial charge in [0.15, 0.2) is 0 Å². The van der Waals surface area contributed by atoms with Crippen molar-refractivity contribution >= 4 is 0 Å². The first-order valence-corrected chi connectivity index (χ1v) is 7.87. The number of rotatable bonds is 5. The molecule has 2 unspecified atom stereocenters. The lowest BCUT2D eigenvalue weighted by atomic mass is 9.84. The van der Waals surface area contributed by atoms with Crippen molar-refractivity contribution < 1.29 is 9.84 Å². The van der Waals surface area contributed by atoms with E-state index in [-0.39, 0.29) is 12.2 Å². The molecule has 0 amide bonds. The lowest BCUT2D eigenvalue weighted by Crippen LogP contribution is -2.45. The van der Waals surface area contributed by atoms with E-state index in [0.717, 1.165) is 18.5 Å². The van der Waals surface area contributed by atoms with E-state index >= 15 is 0 Å². The molecule has 2 atom stereocenters. The zero-order chi connectivity index (χ0) is 14.8. The van der Waals surface area contributed by atoms with Crippen molar-refractivity contribution in [2.24, 2.45) is 0 Å². The fourth-order valence-corrected chi connectivity index (χ4v) is 3.47. The average molecular weight is 280 g/mol. The molecule has 4 nitrogen and oxygen atoms in total. The molecule has 2 rings (SSSR count). The predicted molar refractivity (Wildman–Crippen MR) is 79.7 cm³/mol. The third kappa shape index (κ3) is 3.61. The first-order valence-electron chi connectivity index (χ1n) is 7.87. The first kappa shape index (κ1) is 15.5. The lowest BCUT2D eigenvalue weighted by molar-refractivity contribution is -0.131. The fraction of sp³-hybridized carbons (Fsp3) is 0.812. The van der Waals surface area contributed by atoms with E-state index in [4.69, 9.17) is 4.74 Å². The maximum atomic E-state index is 10.8. The quantitative estimate of drug-likeness (QED) is 0.901. The molecule has 1 aromatic rings. The molecular weight excluding hydrogens is 252 g/mol. The zero-order valence-corrected chi connectivity index (χ0v) is 13.2. The first-order chi connectivity index (χ1) is 9.45. The monoisotopic (exact) mass is 280 g/mol. The molecule has 1 aliphatic heterocycles. The smallest absolute Gasteiger partial charge is 0.0752 e. The van der Waals surface area contributed by atoms with E-state index in [0.29, 0.717) is 25.3 Å². The highest BCUT2D eigenvalue weighted by Crippen LogP contribution is 2.31. The SMILES string of the molecule is CCC(CC)n1ccc(CC2(O)CC(C)OC(C)C2)n1. The van der Waals surface area contributed by atoms with Gasteiger partial charge in [-0.3, -0.25) is 4.68 Å². The molecule has 4 heteroatoms. The molecule has 0 spiro atoms. The van der Waals surface area contributed by atoms with Gasteiger partial charge < -0.3 is 9.84 Å². The Hall–Kier alpha value is -0.870. The average Bonchev–Trinajstić information content (AvgIpc) is 2.76. The highest BCUT2D eigenvalue weighted by Gasteiger charge is 2.37. The fourth-order valence-electron chi connectivity index (χ4n) is 3.47.